The molecule has 0 atom stereocenters. The summed E-state index contributed by atoms with van der Waals surface area (Å²) in [5.41, 5.74) is 0.873. The fourth-order valence-corrected chi connectivity index (χ4v) is 12.8. The summed E-state index contributed by atoms with van der Waals surface area (Å²) in [4.78, 5) is 0. The molecule has 0 bridgehead atoms. The van der Waals surface area contributed by atoms with Crippen LogP contribution in [0.5, 0.6) is 0 Å². The molecule has 0 saturated carbocycles. The van der Waals surface area contributed by atoms with Crippen LogP contribution in [0, 0.1) is 0 Å². The highest BCUT2D eigenvalue weighted by atomic mass is 28.4. The first-order valence-electron chi connectivity index (χ1n) is 9.28. The number of hydrogen-bond donors (Lipinski definition) is 0. The van der Waals surface area contributed by atoms with Crippen molar-refractivity contribution in [1.82, 2.24) is 0 Å². The van der Waals surface area contributed by atoms with E-state index in [0.717, 1.165) is 17.8 Å². The number of unbranched alkanes of at least 4 members (excludes halogenated alkanes) is 6. The Bertz CT molecular complexity index is 243. The van der Waals surface area contributed by atoms with E-state index in [9.17, 15) is 0 Å². The molecule has 0 aromatic rings. The Kier molecular flexibility index (Phi) is 13.7. The molecular formula is C17H40O4Si2. The van der Waals surface area contributed by atoms with Gasteiger partial charge in [0.2, 0.25) is 0 Å². The Balaban J connectivity index is 4.77. The van der Waals surface area contributed by atoms with E-state index in [2.05, 4.69) is 13.8 Å². The summed E-state index contributed by atoms with van der Waals surface area (Å²) >= 11 is 0. The summed E-state index contributed by atoms with van der Waals surface area (Å²) in [6, 6.07) is 2.08. The van der Waals surface area contributed by atoms with E-state index >= 15 is 0 Å². The summed E-state index contributed by atoms with van der Waals surface area (Å²) < 4.78 is 23.8. The summed E-state index contributed by atoms with van der Waals surface area (Å²) in [7, 11) is 2.76. The molecule has 0 rings (SSSR count). The standard InChI is InChI=1S/C17H40O4Si2/c1-7-9-11-13-15-22(18-3,19-4)17-23(20-5,21-6)16-14-12-10-8-2/h7-17H2,1-6H3. The Morgan fingerprint density at radius 2 is 0.870 bits per heavy atom. The van der Waals surface area contributed by atoms with Crippen molar-refractivity contribution in [3.63, 3.8) is 0 Å². The molecule has 0 aliphatic rings. The van der Waals surface area contributed by atoms with Crippen LogP contribution in [0.25, 0.3) is 0 Å². The van der Waals surface area contributed by atoms with Gasteiger partial charge in [-0.25, -0.2) is 0 Å². The molecule has 0 fully saturated rings. The van der Waals surface area contributed by atoms with Crippen LogP contribution in [0.15, 0.2) is 0 Å². The molecule has 0 radical (unpaired) electrons. The van der Waals surface area contributed by atoms with Crippen molar-refractivity contribution in [3.8, 4) is 0 Å². The average molecular weight is 365 g/mol. The van der Waals surface area contributed by atoms with E-state index in [0.29, 0.717) is 0 Å². The van der Waals surface area contributed by atoms with Crippen LogP contribution < -0.4 is 0 Å². The van der Waals surface area contributed by atoms with Gasteiger partial charge in [0.1, 0.15) is 0 Å². The third-order valence-electron chi connectivity index (χ3n) is 4.85. The number of rotatable bonds is 16. The van der Waals surface area contributed by atoms with Crippen molar-refractivity contribution < 1.29 is 17.7 Å². The van der Waals surface area contributed by atoms with Gasteiger partial charge < -0.3 is 17.7 Å². The monoisotopic (exact) mass is 364 g/mol. The van der Waals surface area contributed by atoms with Gasteiger partial charge in [0.25, 0.3) is 0 Å². The highest BCUT2D eigenvalue weighted by Gasteiger charge is 2.48. The van der Waals surface area contributed by atoms with E-state index in [1.54, 1.807) is 28.4 Å². The van der Waals surface area contributed by atoms with Gasteiger partial charge in [-0.15, -0.1) is 0 Å². The van der Waals surface area contributed by atoms with Crippen molar-refractivity contribution in [1.29, 1.82) is 0 Å². The summed E-state index contributed by atoms with van der Waals surface area (Å²) in [6.45, 7) is 4.48. The summed E-state index contributed by atoms with van der Waals surface area (Å²) in [5, 5.41) is 0. The first-order valence-corrected chi connectivity index (χ1v) is 13.7. The molecule has 0 aliphatic carbocycles. The zero-order valence-electron chi connectivity index (χ0n) is 16.4. The number of hydrogen-bond acceptors (Lipinski definition) is 4. The van der Waals surface area contributed by atoms with Gasteiger partial charge in [-0.05, 0) is 12.1 Å². The molecule has 0 unspecified atom stereocenters. The molecule has 0 heterocycles. The predicted octanol–water partition coefficient (Wildman–Crippen LogP) is 5.16. The van der Waals surface area contributed by atoms with Crippen LogP contribution in [0.3, 0.4) is 0 Å². The third-order valence-corrected chi connectivity index (χ3v) is 14.4. The van der Waals surface area contributed by atoms with Crippen molar-refractivity contribution >= 4 is 17.1 Å². The van der Waals surface area contributed by atoms with Crippen LogP contribution in [-0.2, 0) is 17.7 Å². The lowest BCUT2D eigenvalue weighted by Gasteiger charge is -2.36. The molecule has 0 aliphatic heterocycles. The third kappa shape index (κ3) is 8.79. The van der Waals surface area contributed by atoms with Crippen LogP contribution in [0.1, 0.15) is 65.2 Å². The maximum atomic E-state index is 5.95. The van der Waals surface area contributed by atoms with Gasteiger partial charge >= 0.3 is 17.1 Å². The van der Waals surface area contributed by atoms with E-state index < -0.39 is 17.1 Å². The molecular weight excluding hydrogens is 324 g/mol. The minimum atomic E-state index is -2.23. The van der Waals surface area contributed by atoms with Crippen molar-refractivity contribution in [2.24, 2.45) is 0 Å². The average Bonchev–Trinajstić information content (AvgIpc) is 2.60. The highest BCUT2D eigenvalue weighted by Crippen LogP contribution is 2.31. The first kappa shape index (κ1) is 23.3. The largest absolute Gasteiger partial charge is 0.398 e. The fraction of sp³-hybridized carbons (Fsp3) is 1.00. The second-order valence-electron chi connectivity index (χ2n) is 6.44. The molecule has 0 saturated heterocycles. The van der Waals surface area contributed by atoms with Crippen LogP contribution in [-0.4, -0.2) is 45.6 Å². The predicted molar refractivity (Wildman–Crippen MR) is 102 cm³/mol. The maximum Gasteiger partial charge on any atom is 0.339 e. The fourth-order valence-electron chi connectivity index (χ4n) is 3.09. The summed E-state index contributed by atoms with van der Waals surface area (Å²) in [5.74, 6) is 0. The van der Waals surface area contributed by atoms with E-state index in [-0.39, 0.29) is 0 Å². The molecule has 0 amide bonds. The molecule has 0 aromatic carbocycles. The smallest absolute Gasteiger partial charge is 0.339 e. The van der Waals surface area contributed by atoms with E-state index in [1.807, 2.05) is 0 Å². The summed E-state index contributed by atoms with van der Waals surface area (Å²) in [6.07, 6.45) is 9.93. The molecule has 6 heteroatoms. The van der Waals surface area contributed by atoms with Gasteiger partial charge in [-0.2, -0.15) is 0 Å². The SMILES string of the molecule is CCCCCC[Si](C[Si](CCCCCC)(OC)OC)(OC)OC. The van der Waals surface area contributed by atoms with Gasteiger partial charge in [0.05, 0.1) is 0 Å². The van der Waals surface area contributed by atoms with E-state index in [4.69, 9.17) is 17.7 Å². The van der Waals surface area contributed by atoms with Gasteiger partial charge in [-0.3, -0.25) is 0 Å². The zero-order chi connectivity index (χ0) is 17.6. The Hall–Kier alpha value is 0.274. The van der Waals surface area contributed by atoms with Gasteiger partial charge in [0, 0.05) is 34.1 Å². The quantitative estimate of drug-likeness (QED) is 0.280. The molecule has 0 aromatic heterocycles. The van der Waals surface area contributed by atoms with Crippen molar-refractivity contribution in [3.05, 3.63) is 0 Å². The minimum absolute atomic E-state index is 0.873. The van der Waals surface area contributed by atoms with Gasteiger partial charge in [0.15, 0.2) is 0 Å². The van der Waals surface area contributed by atoms with Crippen LogP contribution in [0.4, 0.5) is 0 Å². The lowest BCUT2D eigenvalue weighted by molar-refractivity contribution is 0.217. The molecule has 0 N–H and O–H groups in total. The Labute approximate surface area is 146 Å². The Morgan fingerprint density at radius 1 is 0.522 bits per heavy atom. The zero-order valence-corrected chi connectivity index (χ0v) is 18.4. The van der Waals surface area contributed by atoms with Gasteiger partial charge in [-0.1, -0.05) is 65.2 Å². The van der Waals surface area contributed by atoms with Crippen LogP contribution >= 0.6 is 0 Å². The first-order chi connectivity index (χ1) is 11.1. The molecule has 140 valence electrons. The minimum Gasteiger partial charge on any atom is -0.398 e. The second kappa shape index (κ2) is 13.6. The van der Waals surface area contributed by atoms with Crippen molar-refractivity contribution in [2.45, 2.75) is 83.0 Å². The normalized spacial score (nSPS) is 12.8. The Morgan fingerprint density at radius 3 is 1.13 bits per heavy atom. The van der Waals surface area contributed by atoms with Crippen molar-refractivity contribution in [2.75, 3.05) is 28.4 Å². The lowest BCUT2D eigenvalue weighted by atomic mass is 10.2. The molecule has 4 nitrogen and oxygen atoms in total. The maximum absolute atomic E-state index is 5.95. The highest BCUT2D eigenvalue weighted by molar-refractivity contribution is 6.86. The lowest BCUT2D eigenvalue weighted by Crippen LogP contribution is -2.53. The topological polar surface area (TPSA) is 36.9 Å². The van der Waals surface area contributed by atoms with E-state index in [1.165, 1.54) is 51.4 Å². The van der Waals surface area contributed by atoms with Crippen LogP contribution in [0.2, 0.25) is 17.8 Å². The molecule has 0 spiro atoms. The molecule has 23 heavy (non-hydrogen) atoms. The second-order valence-corrected chi connectivity index (χ2v) is 14.1.